The number of halogens is 1. The first-order valence-electron chi connectivity index (χ1n) is 8.39. The molecule has 0 aliphatic carbocycles. The van der Waals surface area contributed by atoms with Crippen LogP contribution >= 0.6 is 15.9 Å². The maximum absolute atomic E-state index is 12.6. The van der Waals surface area contributed by atoms with Crippen LogP contribution in [0, 0.1) is 0 Å². The fourth-order valence-electron chi connectivity index (χ4n) is 2.96. The van der Waals surface area contributed by atoms with Gasteiger partial charge in [0.05, 0.1) is 26.0 Å². The molecular weight excluding hydrogens is 412 g/mol. The fraction of sp³-hybridized carbons (Fsp3) is 0.211. The van der Waals surface area contributed by atoms with E-state index in [1.165, 1.54) is 0 Å². The van der Waals surface area contributed by atoms with Gasteiger partial charge in [0.2, 0.25) is 0 Å². The molecule has 0 spiro atoms. The molecule has 1 aliphatic rings. The summed E-state index contributed by atoms with van der Waals surface area (Å²) in [6, 6.07) is 15.1. The van der Waals surface area contributed by atoms with Crippen LogP contribution in [0.5, 0.6) is 5.75 Å². The Hall–Kier alpha value is -2.71. The van der Waals surface area contributed by atoms with Crippen molar-refractivity contribution < 1.29 is 14.3 Å². The third-order valence-corrected chi connectivity index (χ3v) is 4.88. The molecule has 2 heterocycles. The predicted octanol–water partition coefficient (Wildman–Crippen LogP) is 3.57. The van der Waals surface area contributed by atoms with Gasteiger partial charge in [0.1, 0.15) is 11.9 Å². The van der Waals surface area contributed by atoms with Gasteiger partial charge in [-0.3, -0.25) is 4.79 Å². The molecular formula is C19H17BrN4O3. The van der Waals surface area contributed by atoms with Gasteiger partial charge < -0.3 is 14.8 Å². The third-order valence-electron chi connectivity index (χ3n) is 4.38. The lowest BCUT2D eigenvalue weighted by Crippen LogP contribution is -2.24. The van der Waals surface area contributed by atoms with E-state index in [1.807, 2.05) is 48.5 Å². The maximum Gasteiger partial charge on any atom is 0.278 e. The van der Waals surface area contributed by atoms with Gasteiger partial charge in [-0.2, -0.15) is 0 Å². The molecule has 0 radical (unpaired) electrons. The zero-order valence-electron chi connectivity index (χ0n) is 14.6. The number of carbonyl (C=O) groups is 1. The predicted molar refractivity (Wildman–Crippen MR) is 103 cm³/mol. The lowest BCUT2D eigenvalue weighted by Gasteiger charge is -2.24. The number of fused-ring (bicyclic) bond motifs is 1. The number of benzene rings is 2. The largest absolute Gasteiger partial charge is 0.497 e. The van der Waals surface area contributed by atoms with Crippen molar-refractivity contribution in [2.24, 2.45) is 0 Å². The average molecular weight is 429 g/mol. The van der Waals surface area contributed by atoms with E-state index in [-0.39, 0.29) is 24.3 Å². The van der Waals surface area contributed by atoms with E-state index in [2.05, 4.69) is 31.6 Å². The fourth-order valence-corrected chi connectivity index (χ4v) is 3.36. The number of amides is 1. The number of hydrogen-bond donors (Lipinski definition) is 1. The summed E-state index contributed by atoms with van der Waals surface area (Å²) in [6.07, 6.45) is -0.147. The Morgan fingerprint density at radius 2 is 2.11 bits per heavy atom. The van der Waals surface area contributed by atoms with E-state index in [0.717, 1.165) is 15.8 Å². The third kappa shape index (κ3) is 3.72. The Bertz CT molecular complexity index is 971. The van der Waals surface area contributed by atoms with Crippen LogP contribution in [-0.2, 0) is 17.9 Å². The Kier molecular flexibility index (Phi) is 4.91. The SMILES string of the molecule is COc1ccc([C@H]2Cn3nnc(C(=O)Nc4cccc(Br)c4)c3CO2)cc1. The molecule has 27 heavy (non-hydrogen) atoms. The minimum absolute atomic E-state index is 0.147. The van der Waals surface area contributed by atoms with E-state index in [1.54, 1.807) is 11.8 Å². The highest BCUT2D eigenvalue weighted by Crippen LogP contribution is 2.28. The van der Waals surface area contributed by atoms with Crippen molar-refractivity contribution in [3.63, 3.8) is 0 Å². The number of carbonyl (C=O) groups excluding carboxylic acids is 1. The Balaban J connectivity index is 1.50. The molecule has 0 fully saturated rings. The lowest BCUT2D eigenvalue weighted by molar-refractivity contribution is -0.00173. The molecule has 0 bridgehead atoms. The number of aromatic nitrogens is 3. The highest BCUT2D eigenvalue weighted by atomic mass is 79.9. The first-order valence-corrected chi connectivity index (χ1v) is 9.18. The number of nitrogens with zero attached hydrogens (tertiary/aromatic N) is 3. The summed E-state index contributed by atoms with van der Waals surface area (Å²) in [5.41, 5.74) is 2.66. The molecule has 7 nitrogen and oxygen atoms in total. The Morgan fingerprint density at radius 3 is 2.85 bits per heavy atom. The van der Waals surface area contributed by atoms with Crippen LogP contribution < -0.4 is 10.1 Å². The Labute approximate surface area is 164 Å². The van der Waals surface area contributed by atoms with Gasteiger partial charge in [-0.05, 0) is 35.9 Å². The quantitative estimate of drug-likeness (QED) is 0.686. The van der Waals surface area contributed by atoms with Crippen LogP contribution in [0.2, 0.25) is 0 Å². The highest BCUT2D eigenvalue weighted by molar-refractivity contribution is 9.10. The van der Waals surface area contributed by atoms with Gasteiger partial charge in [0, 0.05) is 10.2 Å². The first kappa shape index (κ1) is 17.7. The highest BCUT2D eigenvalue weighted by Gasteiger charge is 2.27. The van der Waals surface area contributed by atoms with Crippen molar-refractivity contribution >= 4 is 27.5 Å². The summed E-state index contributed by atoms with van der Waals surface area (Å²) in [5.74, 6) is 0.489. The normalized spacial score (nSPS) is 15.9. The molecule has 1 aromatic heterocycles. The molecule has 0 unspecified atom stereocenters. The molecule has 0 saturated heterocycles. The number of ether oxygens (including phenoxy) is 2. The summed E-state index contributed by atoms with van der Waals surface area (Å²) in [4.78, 5) is 12.6. The molecule has 1 amide bonds. The second-order valence-corrected chi connectivity index (χ2v) is 7.02. The van der Waals surface area contributed by atoms with Crippen LogP contribution in [-0.4, -0.2) is 28.0 Å². The first-order chi connectivity index (χ1) is 13.1. The molecule has 4 rings (SSSR count). The van der Waals surface area contributed by atoms with Crippen LogP contribution in [0.1, 0.15) is 27.8 Å². The van der Waals surface area contributed by atoms with Gasteiger partial charge in [-0.25, -0.2) is 4.68 Å². The summed E-state index contributed by atoms with van der Waals surface area (Å²) in [7, 11) is 1.63. The minimum atomic E-state index is -0.305. The molecule has 138 valence electrons. The summed E-state index contributed by atoms with van der Waals surface area (Å²) in [5, 5.41) is 11.0. The summed E-state index contributed by atoms with van der Waals surface area (Å²) >= 11 is 3.39. The van der Waals surface area contributed by atoms with Crippen molar-refractivity contribution in [2.45, 2.75) is 19.3 Å². The van der Waals surface area contributed by atoms with Gasteiger partial charge >= 0.3 is 0 Å². The number of anilines is 1. The van der Waals surface area contributed by atoms with Crippen LogP contribution in [0.15, 0.2) is 53.0 Å². The molecule has 2 aromatic carbocycles. The average Bonchev–Trinajstić information content (AvgIpc) is 3.11. The van der Waals surface area contributed by atoms with Crippen molar-refractivity contribution in [1.29, 1.82) is 0 Å². The van der Waals surface area contributed by atoms with E-state index >= 15 is 0 Å². The number of rotatable bonds is 4. The van der Waals surface area contributed by atoms with Crippen molar-refractivity contribution in [3.8, 4) is 5.75 Å². The maximum atomic E-state index is 12.6. The van der Waals surface area contributed by atoms with Crippen LogP contribution in [0.4, 0.5) is 5.69 Å². The summed E-state index contributed by atoms with van der Waals surface area (Å²) < 4.78 is 13.8. The summed E-state index contributed by atoms with van der Waals surface area (Å²) in [6.45, 7) is 0.768. The van der Waals surface area contributed by atoms with Crippen molar-refractivity contribution in [3.05, 3.63) is 70.0 Å². The number of nitrogens with one attached hydrogen (secondary N) is 1. The number of methoxy groups -OCH3 is 1. The lowest BCUT2D eigenvalue weighted by atomic mass is 10.1. The van der Waals surface area contributed by atoms with E-state index in [0.29, 0.717) is 17.9 Å². The van der Waals surface area contributed by atoms with E-state index in [9.17, 15) is 4.79 Å². The zero-order valence-corrected chi connectivity index (χ0v) is 16.1. The zero-order chi connectivity index (χ0) is 18.8. The van der Waals surface area contributed by atoms with Gasteiger partial charge in [-0.1, -0.05) is 39.3 Å². The molecule has 1 atom stereocenters. The minimum Gasteiger partial charge on any atom is -0.497 e. The molecule has 3 aromatic rings. The van der Waals surface area contributed by atoms with Crippen molar-refractivity contribution in [2.75, 3.05) is 12.4 Å². The van der Waals surface area contributed by atoms with E-state index in [4.69, 9.17) is 9.47 Å². The monoisotopic (exact) mass is 428 g/mol. The van der Waals surface area contributed by atoms with Crippen LogP contribution in [0.25, 0.3) is 0 Å². The standard InChI is InChI=1S/C19H17BrN4O3/c1-26-15-7-5-12(6-8-15)17-10-24-16(11-27-17)18(22-23-24)19(25)21-14-4-2-3-13(20)9-14/h2-9,17H,10-11H2,1H3,(H,21,25)/t17-/m1/s1. The van der Waals surface area contributed by atoms with Gasteiger partial charge in [-0.15, -0.1) is 5.10 Å². The van der Waals surface area contributed by atoms with Gasteiger partial charge in [0.15, 0.2) is 5.69 Å². The molecule has 1 aliphatic heterocycles. The smallest absolute Gasteiger partial charge is 0.278 e. The molecule has 8 heteroatoms. The second kappa shape index (κ2) is 7.50. The molecule has 1 N–H and O–H groups in total. The van der Waals surface area contributed by atoms with Crippen molar-refractivity contribution in [1.82, 2.24) is 15.0 Å². The second-order valence-electron chi connectivity index (χ2n) is 6.10. The van der Waals surface area contributed by atoms with Gasteiger partial charge in [0.25, 0.3) is 5.91 Å². The topological polar surface area (TPSA) is 78.3 Å². The Morgan fingerprint density at radius 1 is 1.30 bits per heavy atom. The van der Waals surface area contributed by atoms with Crippen LogP contribution in [0.3, 0.4) is 0 Å². The molecule has 0 saturated carbocycles. The van der Waals surface area contributed by atoms with E-state index < -0.39 is 0 Å². The number of hydrogen-bond acceptors (Lipinski definition) is 5.